The van der Waals surface area contributed by atoms with Gasteiger partial charge in [0, 0.05) is 11.3 Å². The van der Waals surface area contributed by atoms with E-state index in [4.69, 9.17) is 15.9 Å². The van der Waals surface area contributed by atoms with E-state index in [0.29, 0.717) is 16.9 Å². The Kier molecular flexibility index (Phi) is 3.24. The number of aromatic nitrogens is 3. The summed E-state index contributed by atoms with van der Waals surface area (Å²) in [6.45, 7) is 0.0321. The number of nitrogen functional groups attached to an aromatic ring is 1. The lowest BCUT2D eigenvalue weighted by Gasteiger charge is -2.05. The van der Waals surface area contributed by atoms with E-state index < -0.39 is 5.97 Å². The number of benzene rings is 1. The highest BCUT2D eigenvalue weighted by Crippen LogP contribution is 2.23. The third kappa shape index (κ3) is 2.16. The first-order valence-corrected chi connectivity index (χ1v) is 5.27. The molecular weight excluding hydrogens is 236 g/mol. The van der Waals surface area contributed by atoms with Crippen molar-refractivity contribution in [1.82, 2.24) is 15.0 Å². The third-order valence-electron chi connectivity index (χ3n) is 2.43. The minimum atomic E-state index is -1.16. The Morgan fingerprint density at radius 3 is 2.56 bits per heavy atom. The fourth-order valence-corrected chi connectivity index (χ4v) is 1.64. The van der Waals surface area contributed by atoms with Gasteiger partial charge in [-0.15, -0.1) is 5.10 Å². The van der Waals surface area contributed by atoms with Gasteiger partial charge in [-0.25, -0.2) is 9.48 Å². The Morgan fingerprint density at radius 1 is 1.33 bits per heavy atom. The molecule has 0 saturated carbocycles. The largest absolute Gasteiger partial charge is 0.476 e. The predicted molar refractivity (Wildman–Crippen MR) is 63.9 cm³/mol. The van der Waals surface area contributed by atoms with Crippen LogP contribution in [0.2, 0.25) is 0 Å². The van der Waals surface area contributed by atoms with Gasteiger partial charge in [-0.3, -0.25) is 0 Å². The molecule has 0 aliphatic rings. The van der Waals surface area contributed by atoms with Crippen LogP contribution in [0.5, 0.6) is 0 Å². The average molecular weight is 248 g/mol. The minimum absolute atomic E-state index is 0.145. The second-order valence-corrected chi connectivity index (χ2v) is 3.66. The lowest BCUT2D eigenvalue weighted by atomic mass is 10.1. The van der Waals surface area contributed by atoms with Crippen molar-refractivity contribution in [2.24, 2.45) is 0 Å². The molecule has 1 aromatic heterocycles. The number of nitrogens with zero attached hydrogens (tertiary/aromatic N) is 3. The van der Waals surface area contributed by atoms with Crippen LogP contribution in [-0.2, 0) is 6.54 Å². The first kappa shape index (κ1) is 12.1. The highest BCUT2D eigenvalue weighted by atomic mass is 16.4. The zero-order valence-corrected chi connectivity index (χ0v) is 9.45. The standard InChI is InChI=1S/C11H12N4O3/c12-8-3-1-7(2-4-8)10-9(11(17)18)13-14-15(10)5-6-16/h1-4,16H,5-6,12H2,(H,17,18). The van der Waals surface area contributed by atoms with Gasteiger partial charge < -0.3 is 15.9 Å². The molecule has 18 heavy (non-hydrogen) atoms. The molecule has 0 aliphatic heterocycles. The predicted octanol–water partition coefficient (Wildman–Crippen LogP) is 0.218. The summed E-state index contributed by atoms with van der Waals surface area (Å²) in [7, 11) is 0. The van der Waals surface area contributed by atoms with Gasteiger partial charge in [-0.2, -0.15) is 0 Å². The lowest BCUT2D eigenvalue weighted by molar-refractivity contribution is 0.0691. The van der Waals surface area contributed by atoms with E-state index in [2.05, 4.69) is 10.3 Å². The van der Waals surface area contributed by atoms with Gasteiger partial charge in [0.1, 0.15) is 5.69 Å². The smallest absolute Gasteiger partial charge is 0.358 e. The van der Waals surface area contributed by atoms with E-state index in [1.54, 1.807) is 24.3 Å². The minimum Gasteiger partial charge on any atom is -0.476 e. The molecule has 0 fully saturated rings. The number of carboxylic acids is 1. The van der Waals surface area contributed by atoms with E-state index in [-0.39, 0.29) is 18.8 Å². The van der Waals surface area contributed by atoms with Crippen LogP contribution in [0.1, 0.15) is 10.5 Å². The summed E-state index contributed by atoms with van der Waals surface area (Å²) in [5.41, 5.74) is 7.01. The van der Waals surface area contributed by atoms with Gasteiger partial charge in [0.15, 0.2) is 5.69 Å². The normalized spacial score (nSPS) is 10.5. The SMILES string of the molecule is Nc1ccc(-c2c(C(=O)O)nnn2CCO)cc1. The van der Waals surface area contributed by atoms with E-state index in [1.807, 2.05) is 0 Å². The van der Waals surface area contributed by atoms with Crippen LogP contribution in [0.4, 0.5) is 5.69 Å². The fraction of sp³-hybridized carbons (Fsp3) is 0.182. The number of nitrogens with two attached hydrogens (primary N) is 1. The van der Waals surface area contributed by atoms with Gasteiger partial charge in [-0.1, -0.05) is 17.3 Å². The van der Waals surface area contributed by atoms with Crippen LogP contribution in [0.25, 0.3) is 11.3 Å². The molecule has 0 amide bonds. The van der Waals surface area contributed by atoms with Crippen molar-refractivity contribution in [3.63, 3.8) is 0 Å². The number of rotatable bonds is 4. The first-order valence-electron chi connectivity index (χ1n) is 5.27. The number of hydrogen-bond donors (Lipinski definition) is 3. The molecule has 0 unspecified atom stereocenters. The number of hydrogen-bond acceptors (Lipinski definition) is 5. The second-order valence-electron chi connectivity index (χ2n) is 3.66. The average Bonchev–Trinajstić information content (AvgIpc) is 2.75. The molecule has 0 aliphatic carbocycles. The Morgan fingerprint density at radius 2 is 2.00 bits per heavy atom. The highest BCUT2D eigenvalue weighted by Gasteiger charge is 2.20. The molecule has 2 rings (SSSR count). The van der Waals surface area contributed by atoms with Crippen LogP contribution in [-0.4, -0.2) is 37.8 Å². The summed E-state index contributed by atoms with van der Waals surface area (Å²) < 4.78 is 1.36. The van der Waals surface area contributed by atoms with Crippen LogP contribution in [0.15, 0.2) is 24.3 Å². The van der Waals surface area contributed by atoms with Crippen LogP contribution in [0, 0.1) is 0 Å². The molecule has 7 nitrogen and oxygen atoms in total. The molecule has 7 heteroatoms. The van der Waals surface area contributed by atoms with E-state index in [1.165, 1.54) is 4.68 Å². The summed E-state index contributed by atoms with van der Waals surface area (Å²) in [4.78, 5) is 11.1. The number of aromatic carboxylic acids is 1. The van der Waals surface area contributed by atoms with Crippen molar-refractivity contribution in [2.45, 2.75) is 6.54 Å². The number of carboxylic acid groups (broad SMARTS) is 1. The maximum absolute atomic E-state index is 11.1. The summed E-state index contributed by atoms with van der Waals surface area (Å²) in [6.07, 6.45) is 0. The zero-order valence-electron chi connectivity index (χ0n) is 9.45. The van der Waals surface area contributed by atoms with E-state index >= 15 is 0 Å². The molecule has 0 spiro atoms. The first-order chi connectivity index (χ1) is 8.63. The number of carbonyl (C=O) groups is 1. The molecule has 0 saturated heterocycles. The van der Waals surface area contributed by atoms with Crippen LogP contribution in [0.3, 0.4) is 0 Å². The Balaban J connectivity index is 2.55. The molecule has 2 aromatic rings. The summed E-state index contributed by atoms with van der Waals surface area (Å²) >= 11 is 0. The van der Waals surface area contributed by atoms with Crippen LogP contribution >= 0.6 is 0 Å². The van der Waals surface area contributed by atoms with Crippen LogP contribution < -0.4 is 5.73 Å². The molecule has 0 atom stereocenters. The van der Waals surface area contributed by atoms with Crippen molar-refractivity contribution >= 4 is 11.7 Å². The number of aliphatic hydroxyl groups is 1. The molecule has 94 valence electrons. The molecule has 0 radical (unpaired) electrons. The van der Waals surface area contributed by atoms with E-state index in [0.717, 1.165) is 0 Å². The van der Waals surface area contributed by atoms with Gasteiger partial charge in [0.05, 0.1) is 13.2 Å². The van der Waals surface area contributed by atoms with Gasteiger partial charge >= 0.3 is 5.97 Å². The molecule has 0 bridgehead atoms. The molecule has 1 aromatic carbocycles. The lowest BCUT2D eigenvalue weighted by Crippen LogP contribution is -2.07. The highest BCUT2D eigenvalue weighted by molar-refractivity contribution is 5.92. The van der Waals surface area contributed by atoms with Crippen molar-refractivity contribution in [1.29, 1.82) is 0 Å². The zero-order chi connectivity index (χ0) is 13.1. The Labute approximate surface area is 102 Å². The summed E-state index contributed by atoms with van der Waals surface area (Å²) in [6, 6.07) is 6.71. The third-order valence-corrected chi connectivity index (χ3v) is 2.43. The summed E-state index contributed by atoms with van der Waals surface area (Å²) in [5.74, 6) is -1.16. The van der Waals surface area contributed by atoms with E-state index in [9.17, 15) is 4.79 Å². The molecular formula is C11H12N4O3. The Hall–Kier alpha value is -2.41. The fourth-order valence-electron chi connectivity index (χ4n) is 1.64. The van der Waals surface area contributed by atoms with Gasteiger partial charge in [0.2, 0.25) is 0 Å². The topological polar surface area (TPSA) is 114 Å². The monoisotopic (exact) mass is 248 g/mol. The van der Waals surface area contributed by atoms with Crippen molar-refractivity contribution in [3.8, 4) is 11.3 Å². The summed E-state index contributed by atoms with van der Waals surface area (Å²) in [5, 5.41) is 25.3. The quantitative estimate of drug-likeness (QED) is 0.667. The Bertz CT molecular complexity index is 562. The van der Waals surface area contributed by atoms with Crippen molar-refractivity contribution in [2.75, 3.05) is 12.3 Å². The number of anilines is 1. The van der Waals surface area contributed by atoms with Crippen molar-refractivity contribution in [3.05, 3.63) is 30.0 Å². The van der Waals surface area contributed by atoms with Gasteiger partial charge in [0.25, 0.3) is 0 Å². The second kappa shape index (κ2) is 4.84. The molecule has 1 heterocycles. The maximum atomic E-state index is 11.1. The number of aliphatic hydroxyl groups excluding tert-OH is 1. The van der Waals surface area contributed by atoms with Gasteiger partial charge in [-0.05, 0) is 12.1 Å². The van der Waals surface area contributed by atoms with Crippen molar-refractivity contribution < 1.29 is 15.0 Å². The maximum Gasteiger partial charge on any atom is 0.358 e. The molecule has 4 N–H and O–H groups in total.